The van der Waals surface area contributed by atoms with Gasteiger partial charge in [0.25, 0.3) is 0 Å². The van der Waals surface area contributed by atoms with Crippen LogP contribution >= 0.6 is 0 Å². The first kappa shape index (κ1) is 10.7. The largest absolute Gasteiger partial charge is 0.396 e. The number of unbranched alkanes of at least 4 members (excludes halogenated alkanes) is 1. The molecule has 0 bridgehead atoms. The van der Waals surface area contributed by atoms with Crippen molar-refractivity contribution >= 4 is 0 Å². The average molecular weight is 158 g/mol. The van der Waals surface area contributed by atoms with E-state index in [9.17, 15) is 5.11 Å². The van der Waals surface area contributed by atoms with Crippen LogP contribution in [0.5, 0.6) is 0 Å². The highest BCUT2D eigenvalue weighted by atomic mass is 16.3. The summed E-state index contributed by atoms with van der Waals surface area (Å²) in [6.45, 7) is 5.76. The van der Waals surface area contributed by atoms with Crippen LogP contribution in [0.3, 0.4) is 0 Å². The maximum atomic E-state index is 9.39. The van der Waals surface area contributed by atoms with Crippen molar-refractivity contribution in [1.29, 1.82) is 0 Å². The monoisotopic (exact) mass is 158 g/mol. The summed E-state index contributed by atoms with van der Waals surface area (Å²) in [6, 6.07) is 0. The second-order valence-corrected chi connectivity index (χ2v) is 2.88. The zero-order valence-electron chi connectivity index (χ0n) is 7.16. The van der Waals surface area contributed by atoms with Crippen LogP contribution < -0.4 is 0 Å². The van der Waals surface area contributed by atoms with E-state index >= 15 is 0 Å². The van der Waals surface area contributed by atoms with Gasteiger partial charge in [-0.25, -0.2) is 0 Å². The molecule has 0 fully saturated rings. The smallest absolute Gasteiger partial charge is 0.0600 e. The van der Waals surface area contributed by atoms with Gasteiger partial charge in [-0.2, -0.15) is 0 Å². The van der Waals surface area contributed by atoms with Gasteiger partial charge in [0.2, 0.25) is 0 Å². The summed E-state index contributed by atoms with van der Waals surface area (Å²) in [7, 11) is 0. The summed E-state index contributed by atoms with van der Waals surface area (Å²) >= 11 is 0. The molecule has 0 rings (SSSR count). The Morgan fingerprint density at radius 2 is 2.09 bits per heavy atom. The molecule has 2 nitrogen and oxygen atoms in total. The summed E-state index contributed by atoms with van der Waals surface area (Å²) in [4.78, 5) is 0. The maximum absolute atomic E-state index is 9.39. The highest BCUT2D eigenvalue weighted by Crippen LogP contribution is 2.10. The van der Waals surface area contributed by atoms with Gasteiger partial charge in [-0.1, -0.05) is 13.0 Å². The van der Waals surface area contributed by atoms with E-state index < -0.39 is 0 Å². The standard InChI is InChI=1S/C9H18O2/c1-3-8(2)9(11)6-4-5-7-10/h3,8-11H,1,4-7H2,2H3. The molecule has 0 amide bonds. The van der Waals surface area contributed by atoms with Crippen LogP contribution in [0, 0.1) is 5.92 Å². The molecule has 0 heterocycles. The molecule has 0 saturated carbocycles. The lowest BCUT2D eigenvalue weighted by Gasteiger charge is -2.13. The van der Waals surface area contributed by atoms with E-state index in [4.69, 9.17) is 5.11 Å². The Morgan fingerprint density at radius 3 is 2.55 bits per heavy atom. The quantitative estimate of drug-likeness (QED) is 0.452. The molecule has 2 heteroatoms. The molecule has 0 aromatic carbocycles. The molecule has 11 heavy (non-hydrogen) atoms. The Morgan fingerprint density at radius 1 is 1.45 bits per heavy atom. The van der Waals surface area contributed by atoms with E-state index in [1.807, 2.05) is 6.92 Å². The molecule has 2 atom stereocenters. The van der Waals surface area contributed by atoms with Crippen molar-refractivity contribution in [2.75, 3.05) is 6.61 Å². The molecular formula is C9H18O2. The van der Waals surface area contributed by atoms with Crippen molar-refractivity contribution in [3.63, 3.8) is 0 Å². The minimum Gasteiger partial charge on any atom is -0.396 e. The minimum atomic E-state index is -0.293. The van der Waals surface area contributed by atoms with Gasteiger partial charge >= 0.3 is 0 Å². The van der Waals surface area contributed by atoms with Crippen molar-refractivity contribution in [3.05, 3.63) is 12.7 Å². The normalized spacial score (nSPS) is 15.9. The van der Waals surface area contributed by atoms with Gasteiger partial charge in [-0.3, -0.25) is 0 Å². The summed E-state index contributed by atoms with van der Waals surface area (Å²) < 4.78 is 0. The van der Waals surface area contributed by atoms with E-state index in [0.29, 0.717) is 0 Å². The first-order valence-electron chi connectivity index (χ1n) is 4.13. The molecule has 0 radical (unpaired) electrons. The Labute approximate surface area is 68.6 Å². The molecule has 0 saturated heterocycles. The SMILES string of the molecule is C=CC(C)C(O)CCCCO. The topological polar surface area (TPSA) is 40.5 Å². The van der Waals surface area contributed by atoms with Crippen LogP contribution in [0.2, 0.25) is 0 Å². The third-order valence-corrected chi connectivity index (χ3v) is 1.89. The van der Waals surface area contributed by atoms with E-state index in [-0.39, 0.29) is 18.6 Å². The zero-order valence-corrected chi connectivity index (χ0v) is 7.16. The number of hydrogen-bond donors (Lipinski definition) is 2. The zero-order chi connectivity index (χ0) is 8.69. The third kappa shape index (κ3) is 4.99. The van der Waals surface area contributed by atoms with E-state index in [1.54, 1.807) is 6.08 Å². The van der Waals surface area contributed by atoms with Gasteiger partial charge in [-0.05, 0) is 25.2 Å². The molecule has 0 aliphatic carbocycles. The van der Waals surface area contributed by atoms with Gasteiger partial charge in [-0.15, -0.1) is 6.58 Å². The second-order valence-electron chi connectivity index (χ2n) is 2.88. The fourth-order valence-corrected chi connectivity index (χ4v) is 0.885. The first-order valence-corrected chi connectivity index (χ1v) is 4.13. The highest BCUT2D eigenvalue weighted by molar-refractivity contribution is 4.80. The Balaban J connectivity index is 3.35. The van der Waals surface area contributed by atoms with Crippen LogP contribution in [0.25, 0.3) is 0 Å². The molecule has 2 N–H and O–H groups in total. The lowest BCUT2D eigenvalue weighted by molar-refractivity contribution is 0.122. The summed E-state index contributed by atoms with van der Waals surface area (Å²) in [5, 5.41) is 17.9. The first-order chi connectivity index (χ1) is 5.22. The average Bonchev–Trinajstić information content (AvgIpc) is 2.03. The molecule has 0 aromatic heterocycles. The molecule has 0 spiro atoms. The van der Waals surface area contributed by atoms with E-state index in [1.165, 1.54) is 0 Å². The Kier molecular flexibility index (Phi) is 6.18. The van der Waals surface area contributed by atoms with Crippen molar-refractivity contribution in [3.8, 4) is 0 Å². The van der Waals surface area contributed by atoms with Crippen LogP contribution in [0.15, 0.2) is 12.7 Å². The summed E-state index contributed by atoms with van der Waals surface area (Å²) in [5.74, 6) is 0.161. The van der Waals surface area contributed by atoms with E-state index in [2.05, 4.69) is 6.58 Å². The van der Waals surface area contributed by atoms with Gasteiger partial charge in [0, 0.05) is 6.61 Å². The fourth-order valence-electron chi connectivity index (χ4n) is 0.885. The molecule has 2 unspecified atom stereocenters. The van der Waals surface area contributed by atoms with Crippen molar-refractivity contribution < 1.29 is 10.2 Å². The number of aliphatic hydroxyl groups is 2. The highest BCUT2D eigenvalue weighted by Gasteiger charge is 2.08. The second kappa shape index (κ2) is 6.38. The van der Waals surface area contributed by atoms with Crippen molar-refractivity contribution in [2.45, 2.75) is 32.3 Å². The molecule has 0 aliphatic rings. The van der Waals surface area contributed by atoms with E-state index in [0.717, 1.165) is 19.3 Å². The third-order valence-electron chi connectivity index (χ3n) is 1.89. The Hall–Kier alpha value is -0.340. The van der Waals surface area contributed by atoms with Gasteiger partial charge < -0.3 is 10.2 Å². The predicted molar refractivity (Wildman–Crippen MR) is 46.3 cm³/mol. The Bertz CT molecular complexity index is 102. The summed E-state index contributed by atoms with van der Waals surface area (Å²) in [5.41, 5.74) is 0. The molecule has 0 aromatic rings. The van der Waals surface area contributed by atoms with Gasteiger partial charge in [0.05, 0.1) is 6.10 Å². The molecule has 0 aliphatic heterocycles. The van der Waals surface area contributed by atoms with Crippen LogP contribution in [-0.2, 0) is 0 Å². The van der Waals surface area contributed by atoms with Crippen molar-refractivity contribution in [1.82, 2.24) is 0 Å². The van der Waals surface area contributed by atoms with Crippen LogP contribution in [0.4, 0.5) is 0 Å². The minimum absolute atomic E-state index is 0.161. The van der Waals surface area contributed by atoms with Gasteiger partial charge in [0.1, 0.15) is 0 Å². The van der Waals surface area contributed by atoms with Gasteiger partial charge in [0.15, 0.2) is 0 Å². The van der Waals surface area contributed by atoms with Crippen LogP contribution in [-0.4, -0.2) is 22.9 Å². The molecule has 66 valence electrons. The molecular weight excluding hydrogens is 140 g/mol. The lowest BCUT2D eigenvalue weighted by atomic mass is 10.00. The predicted octanol–water partition coefficient (Wildman–Crippen LogP) is 1.33. The lowest BCUT2D eigenvalue weighted by Crippen LogP contribution is -2.15. The summed E-state index contributed by atoms with van der Waals surface area (Å²) in [6.07, 6.45) is 3.88. The van der Waals surface area contributed by atoms with Crippen LogP contribution in [0.1, 0.15) is 26.2 Å². The number of aliphatic hydroxyl groups excluding tert-OH is 2. The fraction of sp³-hybridized carbons (Fsp3) is 0.778. The number of rotatable bonds is 6. The van der Waals surface area contributed by atoms with Crippen molar-refractivity contribution in [2.24, 2.45) is 5.92 Å². The number of hydrogen-bond acceptors (Lipinski definition) is 2. The maximum Gasteiger partial charge on any atom is 0.0600 e.